The molecule has 0 bridgehead atoms. The Morgan fingerprint density at radius 1 is 1.08 bits per heavy atom. The molecule has 0 radical (unpaired) electrons. The fraction of sp³-hybridized carbons (Fsp3) is 1.00. The van der Waals surface area contributed by atoms with Crippen molar-refractivity contribution in [3.8, 4) is 0 Å². The molecule has 2 heteroatoms. The van der Waals surface area contributed by atoms with Gasteiger partial charge in [-0.3, -0.25) is 0 Å². The average molecular weight is 203 g/mol. The molecule has 0 aromatic rings. The second kappa shape index (κ2) is 7.69. The van der Waals surface area contributed by atoms with E-state index in [0.29, 0.717) is 12.1 Å². The summed E-state index contributed by atoms with van der Waals surface area (Å²) >= 11 is 2.01. The summed E-state index contributed by atoms with van der Waals surface area (Å²) in [5, 5.41) is 3.63. The van der Waals surface area contributed by atoms with Crippen molar-refractivity contribution in [2.24, 2.45) is 5.92 Å². The van der Waals surface area contributed by atoms with Crippen LogP contribution in [0.3, 0.4) is 0 Å². The highest BCUT2D eigenvalue weighted by Crippen LogP contribution is 2.07. The molecular formula is C11H25NS. The van der Waals surface area contributed by atoms with E-state index in [2.05, 4.69) is 39.9 Å². The molecule has 0 spiro atoms. The van der Waals surface area contributed by atoms with Crippen molar-refractivity contribution in [1.29, 1.82) is 0 Å². The van der Waals surface area contributed by atoms with Gasteiger partial charge in [-0.25, -0.2) is 0 Å². The maximum atomic E-state index is 3.63. The van der Waals surface area contributed by atoms with Crippen LogP contribution < -0.4 is 5.32 Å². The van der Waals surface area contributed by atoms with E-state index in [9.17, 15) is 0 Å². The van der Waals surface area contributed by atoms with Crippen molar-refractivity contribution in [2.75, 3.05) is 11.5 Å². The SMILES string of the molecule is CCSCC(C)NC(C)CC(C)C. The smallest absolute Gasteiger partial charge is 0.0132 e. The summed E-state index contributed by atoms with van der Waals surface area (Å²) in [7, 11) is 0. The molecule has 0 saturated carbocycles. The van der Waals surface area contributed by atoms with Gasteiger partial charge in [-0.15, -0.1) is 0 Å². The summed E-state index contributed by atoms with van der Waals surface area (Å²) in [6.07, 6.45) is 1.28. The highest BCUT2D eigenvalue weighted by atomic mass is 32.2. The summed E-state index contributed by atoms with van der Waals surface area (Å²) in [4.78, 5) is 0. The normalized spacial score (nSPS) is 16.2. The lowest BCUT2D eigenvalue weighted by Gasteiger charge is -2.21. The van der Waals surface area contributed by atoms with Gasteiger partial charge in [0, 0.05) is 17.8 Å². The standard InChI is InChI=1S/C11H25NS/c1-6-13-8-11(5)12-10(4)7-9(2)3/h9-12H,6-8H2,1-5H3. The van der Waals surface area contributed by atoms with Crippen LogP contribution in [0.5, 0.6) is 0 Å². The zero-order valence-electron chi connectivity index (χ0n) is 9.76. The van der Waals surface area contributed by atoms with Crippen LogP contribution in [-0.4, -0.2) is 23.6 Å². The molecule has 1 nitrogen and oxygen atoms in total. The van der Waals surface area contributed by atoms with Gasteiger partial charge in [-0.2, -0.15) is 11.8 Å². The number of thioether (sulfide) groups is 1. The zero-order valence-corrected chi connectivity index (χ0v) is 10.6. The first-order chi connectivity index (χ1) is 6.06. The third-order valence-corrected chi connectivity index (χ3v) is 3.11. The number of hydrogen-bond donors (Lipinski definition) is 1. The lowest BCUT2D eigenvalue weighted by molar-refractivity contribution is 0.415. The first-order valence-corrected chi connectivity index (χ1v) is 6.55. The van der Waals surface area contributed by atoms with Crippen LogP contribution in [0.25, 0.3) is 0 Å². The highest BCUT2D eigenvalue weighted by Gasteiger charge is 2.08. The largest absolute Gasteiger partial charge is 0.311 e. The fourth-order valence-corrected chi connectivity index (χ4v) is 2.29. The second-order valence-corrected chi connectivity index (χ2v) is 5.58. The van der Waals surface area contributed by atoms with Crippen molar-refractivity contribution < 1.29 is 0 Å². The highest BCUT2D eigenvalue weighted by molar-refractivity contribution is 7.99. The number of hydrogen-bond acceptors (Lipinski definition) is 2. The third-order valence-electron chi connectivity index (χ3n) is 1.97. The fourth-order valence-electron chi connectivity index (χ4n) is 1.60. The molecule has 1 N–H and O–H groups in total. The van der Waals surface area contributed by atoms with Crippen LogP contribution >= 0.6 is 11.8 Å². The van der Waals surface area contributed by atoms with Crippen molar-refractivity contribution in [3.05, 3.63) is 0 Å². The summed E-state index contributed by atoms with van der Waals surface area (Å²) in [5.74, 6) is 3.26. The van der Waals surface area contributed by atoms with Crippen molar-refractivity contribution >= 4 is 11.8 Å². The molecule has 0 fully saturated rings. The molecule has 0 aliphatic carbocycles. The maximum absolute atomic E-state index is 3.63. The minimum absolute atomic E-state index is 0.652. The van der Waals surface area contributed by atoms with Gasteiger partial charge < -0.3 is 5.32 Å². The van der Waals surface area contributed by atoms with E-state index in [1.54, 1.807) is 0 Å². The molecule has 0 aliphatic rings. The van der Waals surface area contributed by atoms with E-state index >= 15 is 0 Å². The minimum Gasteiger partial charge on any atom is -0.311 e. The Morgan fingerprint density at radius 3 is 2.15 bits per heavy atom. The van der Waals surface area contributed by atoms with Crippen LogP contribution in [0, 0.1) is 5.92 Å². The summed E-state index contributed by atoms with van der Waals surface area (Å²) in [6, 6.07) is 1.31. The van der Waals surface area contributed by atoms with Crippen LogP contribution in [-0.2, 0) is 0 Å². The molecule has 0 saturated heterocycles. The van der Waals surface area contributed by atoms with E-state index in [4.69, 9.17) is 0 Å². The van der Waals surface area contributed by atoms with Gasteiger partial charge in [0.15, 0.2) is 0 Å². The van der Waals surface area contributed by atoms with Gasteiger partial charge in [0.25, 0.3) is 0 Å². The van der Waals surface area contributed by atoms with Gasteiger partial charge >= 0.3 is 0 Å². The monoisotopic (exact) mass is 203 g/mol. The summed E-state index contributed by atoms with van der Waals surface area (Å²) in [6.45, 7) is 11.3. The van der Waals surface area contributed by atoms with Gasteiger partial charge in [0.05, 0.1) is 0 Å². The Kier molecular flexibility index (Phi) is 7.87. The van der Waals surface area contributed by atoms with Crippen molar-refractivity contribution in [1.82, 2.24) is 5.32 Å². The zero-order chi connectivity index (χ0) is 10.3. The van der Waals surface area contributed by atoms with Crippen LogP contribution in [0.15, 0.2) is 0 Å². The lowest BCUT2D eigenvalue weighted by atomic mass is 10.0. The Hall–Kier alpha value is 0.310. The van der Waals surface area contributed by atoms with Gasteiger partial charge in [-0.1, -0.05) is 20.8 Å². The summed E-state index contributed by atoms with van der Waals surface area (Å²) in [5.41, 5.74) is 0. The number of rotatable bonds is 7. The summed E-state index contributed by atoms with van der Waals surface area (Å²) < 4.78 is 0. The van der Waals surface area contributed by atoms with Crippen LogP contribution in [0.4, 0.5) is 0 Å². The average Bonchev–Trinajstić information content (AvgIpc) is 1.98. The van der Waals surface area contributed by atoms with Crippen LogP contribution in [0.1, 0.15) is 41.0 Å². The van der Waals surface area contributed by atoms with E-state index in [0.717, 1.165) is 5.92 Å². The molecule has 13 heavy (non-hydrogen) atoms. The van der Waals surface area contributed by atoms with E-state index in [1.165, 1.54) is 17.9 Å². The van der Waals surface area contributed by atoms with Crippen LogP contribution in [0.2, 0.25) is 0 Å². The molecule has 80 valence electrons. The third kappa shape index (κ3) is 8.63. The second-order valence-electron chi connectivity index (χ2n) is 4.26. The van der Waals surface area contributed by atoms with Gasteiger partial charge in [0.2, 0.25) is 0 Å². The Balaban J connectivity index is 3.46. The van der Waals surface area contributed by atoms with Crippen molar-refractivity contribution in [3.63, 3.8) is 0 Å². The minimum atomic E-state index is 0.652. The first kappa shape index (κ1) is 13.3. The Morgan fingerprint density at radius 2 is 1.69 bits per heavy atom. The predicted octanol–water partition coefficient (Wildman–Crippen LogP) is 3.15. The van der Waals surface area contributed by atoms with Gasteiger partial charge in [0.1, 0.15) is 0 Å². The molecular weight excluding hydrogens is 178 g/mol. The molecule has 2 atom stereocenters. The topological polar surface area (TPSA) is 12.0 Å². The van der Waals surface area contributed by atoms with E-state index < -0.39 is 0 Å². The quantitative estimate of drug-likeness (QED) is 0.682. The lowest BCUT2D eigenvalue weighted by Crippen LogP contribution is -2.36. The Labute approximate surface area is 88.1 Å². The molecule has 0 aromatic heterocycles. The van der Waals surface area contributed by atoms with E-state index in [1.807, 2.05) is 11.8 Å². The molecule has 2 unspecified atom stereocenters. The molecule has 0 rings (SSSR count). The molecule has 0 amide bonds. The predicted molar refractivity (Wildman–Crippen MR) is 64.5 cm³/mol. The molecule has 0 aliphatic heterocycles. The molecule has 0 aromatic carbocycles. The maximum Gasteiger partial charge on any atom is 0.0132 e. The molecule has 0 heterocycles. The van der Waals surface area contributed by atoms with Gasteiger partial charge in [-0.05, 0) is 31.9 Å². The first-order valence-electron chi connectivity index (χ1n) is 5.40. The Bertz CT molecular complexity index is 115. The van der Waals surface area contributed by atoms with E-state index in [-0.39, 0.29) is 0 Å². The number of nitrogens with one attached hydrogen (secondary N) is 1. The van der Waals surface area contributed by atoms with Crippen molar-refractivity contribution in [2.45, 2.75) is 53.1 Å².